The molecule has 0 fully saturated rings. The Morgan fingerprint density at radius 3 is 3.00 bits per heavy atom. The van der Waals surface area contributed by atoms with E-state index in [9.17, 15) is 9.18 Å². The number of amides is 1. The first-order valence-corrected chi connectivity index (χ1v) is 7.39. The molecule has 102 valence electrons. The molecule has 0 unspecified atom stereocenters. The second-order valence-corrected chi connectivity index (χ2v) is 5.73. The Balaban J connectivity index is 1.70. The van der Waals surface area contributed by atoms with Crippen LogP contribution in [0.4, 0.5) is 4.39 Å². The monoisotopic (exact) mass is 287 g/mol. The average Bonchev–Trinajstić information content (AvgIpc) is 2.93. The summed E-state index contributed by atoms with van der Waals surface area (Å²) < 4.78 is 13.5. The highest BCUT2D eigenvalue weighted by Crippen LogP contribution is 2.24. The SMILES string of the molecule is O=C(/C=C/c1ccccc1F)N1CCc2sccc2C1. The molecule has 2 heterocycles. The van der Waals surface area contributed by atoms with Gasteiger partial charge in [-0.1, -0.05) is 18.2 Å². The summed E-state index contributed by atoms with van der Waals surface area (Å²) in [7, 11) is 0. The van der Waals surface area contributed by atoms with Crippen molar-refractivity contribution in [1.29, 1.82) is 0 Å². The molecule has 1 aromatic carbocycles. The third kappa shape index (κ3) is 2.65. The van der Waals surface area contributed by atoms with Crippen molar-refractivity contribution in [3.63, 3.8) is 0 Å². The maximum Gasteiger partial charge on any atom is 0.246 e. The number of carbonyl (C=O) groups excluding carboxylic acids is 1. The summed E-state index contributed by atoms with van der Waals surface area (Å²) in [6, 6.07) is 8.51. The third-order valence-corrected chi connectivity index (χ3v) is 4.45. The van der Waals surface area contributed by atoms with Crippen LogP contribution in [0.15, 0.2) is 41.8 Å². The molecule has 1 aliphatic rings. The predicted molar refractivity (Wildman–Crippen MR) is 78.9 cm³/mol. The van der Waals surface area contributed by atoms with Crippen molar-refractivity contribution in [3.05, 3.63) is 63.6 Å². The minimum absolute atomic E-state index is 0.0647. The van der Waals surface area contributed by atoms with Gasteiger partial charge in [0.15, 0.2) is 0 Å². The van der Waals surface area contributed by atoms with Crippen LogP contribution in [-0.4, -0.2) is 17.4 Å². The maximum absolute atomic E-state index is 13.5. The normalized spacial score (nSPS) is 14.6. The Hall–Kier alpha value is -1.94. The molecule has 0 radical (unpaired) electrons. The highest BCUT2D eigenvalue weighted by Gasteiger charge is 2.19. The molecule has 0 saturated carbocycles. The van der Waals surface area contributed by atoms with E-state index in [0.29, 0.717) is 12.1 Å². The zero-order chi connectivity index (χ0) is 13.9. The standard InChI is InChI=1S/C16H14FNOS/c17-14-4-2-1-3-12(14)5-6-16(19)18-9-7-15-13(11-18)8-10-20-15/h1-6,8,10H,7,9,11H2/b6-5+. The van der Waals surface area contributed by atoms with Gasteiger partial charge < -0.3 is 4.90 Å². The van der Waals surface area contributed by atoms with Gasteiger partial charge in [-0.25, -0.2) is 4.39 Å². The molecule has 0 spiro atoms. The molecule has 0 aliphatic carbocycles. The smallest absolute Gasteiger partial charge is 0.246 e. The van der Waals surface area contributed by atoms with E-state index in [0.717, 1.165) is 13.0 Å². The minimum Gasteiger partial charge on any atom is -0.334 e. The van der Waals surface area contributed by atoms with Crippen LogP contribution in [0.25, 0.3) is 6.08 Å². The van der Waals surface area contributed by atoms with Crippen molar-refractivity contribution >= 4 is 23.3 Å². The van der Waals surface area contributed by atoms with Gasteiger partial charge in [0.1, 0.15) is 5.82 Å². The molecule has 4 heteroatoms. The van der Waals surface area contributed by atoms with Gasteiger partial charge in [0.25, 0.3) is 0 Å². The van der Waals surface area contributed by atoms with E-state index in [1.165, 1.54) is 22.6 Å². The van der Waals surface area contributed by atoms with Crippen molar-refractivity contribution in [1.82, 2.24) is 4.90 Å². The molecule has 1 aromatic heterocycles. The average molecular weight is 287 g/mol. The lowest BCUT2D eigenvalue weighted by molar-refractivity contribution is -0.126. The van der Waals surface area contributed by atoms with Crippen LogP contribution >= 0.6 is 11.3 Å². The number of hydrogen-bond acceptors (Lipinski definition) is 2. The molecular formula is C16H14FNOS. The van der Waals surface area contributed by atoms with Gasteiger partial charge >= 0.3 is 0 Å². The van der Waals surface area contributed by atoms with Crippen LogP contribution in [0.3, 0.4) is 0 Å². The highest BCUT2D eigenvalue weighted by atomic mass is 32.1. The number of rotatable bonds is 2. The van der Waals surface area contributed by atoms with E-state index >= 15 is 0 Å². The second kappa shape index (κ2) is 5.59. The lowest BCUT2D eigenvalue weighted by atomic mass is 10.1. The summed E-state index contributed by atoms with van der Waals surface area (Å²) >= 11 is 1.75. The van der Waals surface area contributed by atoms with Crippen molar-refractivity contribution in [2.24, 2.45) is 0 Å². The molecule has 1 amide bonds. The van der Waals surface area contributed by atoms with Crippen LogP contribution < -0.4 is 0 Å². The summed E-state index contributed by atoms with van der Waals surface area (Å²) in [4.78, 5) is 15.3. The van der Waals surface area contributed by atoms with Gasteiger partial charge in [-0.05, 0) is 35.6 Å². The third-order valence-electron chi connectivity index (χ3n) is 3.43. The molecule has 3 rings (SSSR count). The highest BCUT2D eigenvalue weighted by molar-refractivity contribution is 7.10. The summed E-state index contributed by atoms with van der Waals surface area (Å²) in [6.07, 6.45) is 3.91. The van der Waals surface area contributed by atoms with E-state index < -0.39 is 0 Å². The van der Waals surface area contributed by atoms with Gasteiger partial charge in [0, 0.05) is 29.6 Å². The molecular weight excluding hydrogens is 273 g/mol. The molecule has 20 heavy (non-hydrogen) atoms. The maximum atomic E-state index is 13.5. The van der Waals surface area contributed by atoms with E-state index in [1.807, 2.05) is 0 Å². The predicted octanol–water partition coefficient (Wildman–Crippen LogP) is 3.49. The first-order valence-electron chi connectivity index (χ1n) is 6.51. The van der Waals surface area contributed by atoms with Gasteiger partial charge in [-0.2, -0.15) is 0 Å². The summed E-state index contributed by atoms with van der Waals surface area (Å²) in [5, 5.41) is 2.06. The number of hydrogen-bond donors (Lipinski definition) is 0. The van der Waals surface area contributed by atoms with Crippen molar-refractivity contribution in [2.45, 2.75) is 13.0 Å². The molecule has 1 aliphatic heterocycles. The second-order valence-electron chi connectivity index (χ2n) is 4.73. The van der Waals surface area contributed by atoms with Crippen LogP contribution in [0.1, 0.15) is 16.0 Å². The number of carbonyl (C=O) groups is 1. The van der Waals surface area contributed by atoms with Crippen molar-refractivity contribution in [3.8, 4) is 0 Å². The molecule has 2 aromatic rings. The molecule has 2 nitrogen and oxygen atoms in total. The van der Waals surface area contributed by atoms with Gasteiger partial charge in [0.2, 0.25) is 5.91 Å². The fourth-order valence-corrected chi connectivity index (χ4v) is 3.20. The van der Waals surface area contributed by atoms with Crippen molar-refractivity contribution < 1.29 is 9.18 Å². The fraction of sp³-hybridized carbons (Fsp3) is 0.188. The zero-order valence-electron chi connectivity index (χ0n) is 10.9. The number of nitrogens with zero attached hydrogens (tertiary/aromatic N) is 1. The van der Waals surface area contributed by atoms with E-state index in [1.54, 1.807) is 40.5 Å². The summed E-state index contributed by atoms with van der Waals surface area (Å²) in [5.74, 6) is -0.375. The summed E-state index contributed by atoms with van der Waals surface area (Å²) in [6.45, 7) is 1.38. The van der Waals surface area contributed by atoms with Crippen molar-refractivity contribution in [2.75, 3.05) is 6.54 Å². The zero-order valence-corrected chi connectivity index (χ0v) is 11.7. The van der Waals surface area contributed by atoms with Crippen LogP contribution in [0.5, 0.6) is 0 Å². The Bertz CT molecular complexity index is 662. The molecule has 0 bridgehead atoms. The number of benzene rings is 1. The van der Waals surface area contributed by atoms with E-state index in [4.69, 9.17) is 0 Å². The largest absolute Gasteiger partial charge is 0.334 e. The number of fused-ring (bicyclic) bond motifs is 1. The van der Waals surface area contributed by atoms with Gasteiger partial charge in [-0.15, -0.1) is 11.3 Å². The Labute approximate surface area is 121 Å². The summed E-state index contributed by atoms with van der Waals surface area (Å²) in [5.41, 5.74) is 1.67. The van der Waals surface area contributed by atoms with E-state index in [2.05, 4.69) is 11.4 Å². The first kappa shape index (κ1) is 13.1. The number of halogens is 1. The molecule has 0 saturated heterocycles. The molecule has 0 N–H and O–H groups in total. The van der Waals surface area contributed by atoms with Crippen LogP contribution in [0, 0.1) is 5.82 Å². The first-order chi connectivity index (χ1) is 9.74. The Morgan fingerprint density at radius 2 is 2.15 bits per heavy atom. The number of thiophene rings is 1. The Kier molecular flexibility index (Phi) is 3.65. The van der Waals surface area contributed by atoms with Gasteiger partial charge in [-0.3, -0.25) is 4.79 Å². The lowest BCUT2D eigenvalue weighted by Gasteiger charge is -2.25. The Morgan fingerprint density at radius 1 is 1.30 bits per heavy atom. The van der Waals surface area contributed by atoms with Crippen LogP contribution in [0.2, 0.25) is 0 Å². The van der Waals surface area contributed by atoms with Crippen LogP contribution in [-0.2, 0) is 17.8 Å². The lowest BCUT2D eigenvalue weighted by Crippen LogP contribution is -2.34. The quantitative estimate of drug-likeness (QED) is 0.774. The minimum atomic E-state index is -0.310. The van der Waals surface area contributed by atoms with Gasteiger partial charge in [0.05, 0.1) is 0 Å². The fourth-order valence-electron chi connectivity index (χ4n) is 2.31. The topological polar surface area (TPSA) is 20.3 Å². The van der Waals surface area contributed by atoms with E-state index in [-0.39, 0.29) is 11.7 Å². The molecule has 0 atom stereocenters.